The van der Waals surface area contributed by atoms with Crippen molar-refractivity contribution >= 4 is 11.6 Å². The van der Waals surface area contributed by atoms with Gasteiger partial charge in [-0.15, -0.1) is 0 Å². The number of hydrogen-bond acceptors (Lipinski definition) is 5. The maximum absolute atomic E-state index is 13.7. The van der Waals surface area contributed by atoms with Crippen LogP contribution in [0.1, 0.15) is 47.6 Å². The molecule has 4 heterocycles. The number of rotatable bonds is 7. The minimum atomic E-state index is -4.51. The number of aromatic nitrogens is 2. The Hall–Kier alpha value is -3.89. The van der Waals surface area contributed by atoms with E-state index in [9.17, 15) is 18.0 Å². The van der Waals surface area contributed by atoms with E-state index < -0.39 is 23.4 Å². The van der Waals surface area contributed by atoms with Crippen molar-refractivity contribution < 1.29 is 32.2 Å². The Morgan fingerprint density at radius 3 is 2.49 bits per heavy atom. The number of hydrogen-bond donors (Lipinski definition) is 0. The molecule has 1 atom stereocenters. The van der Waals surface area contributed by atoms with E-state index >= 15 is 0 Å². The van der Waals surface area contributed by atoms with Crippen LogP contribution in [-0.2, 0) is 27.1 Å². The highest BCUT2D eigenvalue weighted by Gasteiger charge is 2.41. The first-order valence-electron chi connectivity index (χ1n) is 13.7. The monoisotopic (exact) mass is 565 g/mol. The molecule has 1 unspecified atom stereocenters. The highest BCUT2D eigenvalue weighted by Crippen LogP contribution is 2.37. The van der Waals surface area contributed by atoms with Gasteiger partial charge in [-0.25, -0.2) is 4.98 Å². The van der Waals surface area contributed by atoms with Gasteiger partial charge in [0.1, 0.15) is 6.61 Å². The van der Waals surface area contributed by atoms with Gasteiger partial charge in [0, 0.05) is 50.7 Å². The van der Waals surface area contributed by atoms with Crippen LogP contribution in [0.5, 0.6) is 5.75 Å². The lowest BCUT2D eigenvalue weighted by atomic mass is 9.90. The number of halogens is 3. The van der Waals surface area contributed by atoms with Gasteiger partial charge in [-0.3, -0.25) is 4.79 Å². The molecule has 2 aliphatic rings. The van der Waals surface area contributed by atoms with E-state index in [1.165, 1.54) is 6.07 Å². The summed E-state index contributed by atoms with van der Waals surface area (Å²) in [6.45, 7) is 2.33. The second-order valence-corrected chi connectivity index (χ2v) is 10.4. The van der Waals surface area contributed by atoms with Crippen molar-refractivity contribution in [3.8, 4) is 5.75 Å². The van der Waals surface area contributed by atoms with E-state index in [1.54, 1.807) is 39.9 Å². The minimum absolute atomic E-state index is 0.0150. The number of amides is 1. The summed E-state index contributed by atoms with van der Waals surface area (Å²) in [5, 5.41) is 0. The lowest BCUT2D eigenvalue weighted by molar-refractivity contribution is -0.187. The highest BCUT2D eigenvalue weighted by molar-refractivity contribution is 5.78. The number of fused-ring (bicyclic) bond motifs is 1. The zero-order chi connectivity index (χ0) is 28.5. The first kappa shape index (κ1) is 27.3. The fraction of sp³-hybridized carbons (Fsp3) is 0.355. The van der Waals surface area contributed by atoms with Crippen LogP contribution in [0.4, 0.5) is 13.2 Å². The molecule has 2 fully saturated rings. The first-order chi connectivity index (χ1) is 19.8. The molecule has 4 aromatic rings. The molecule has 10 heteroatoms. The lowest BCUT2D eigenvalue weighted by Crippen LogP contribution is -2.47. The second kappa shape index (κ2) is 11.2. The zero-order valence-corrected chi connectivity index (χ0v) is 22.3. The van der Waals surface area contributed by atoms with E-state index in [1.807, 2.05) is 30.3 Å². The van der Waals surface area contributed by atoms with Crippen molar-refractivity contribution in [1.82, 2.24) is 14.3 Å². The number of likely N-dealkylation sites (tertiary alicyclic amines) is 1. The molecular formula is C31H30F3N3O4. The number of piperidine rings is 1. The topological polar surface area (TPSA) is 65.3 Å². The third-order valence-electron chi connectivity index (χ3n) is 7.81. The molecule has 0 radical (unpaired) electrons. The van der Waals surface area contributed by atoms with E-state index in [-0.39, 0.29) is 12.3 Å². The Bertz CT molecular complexity index is 1510. The number of nitrogens with zero attached hydrogens (tertiary/aromatic N) is 3. The summed E-state index contributed by atoms with van der Waals surface area (Å²) in [6.07, 6.45) is 0.00511. The molecular weight excluding hydrogens is 535 g/mol. The molecule has 1 amide bonds. The van der Waals surface area contributed by atoms with Gasteiger partial charge in [0.15, 0.2) is 17.2 Å². The quantitative estimate of drug-likeness (QED) is 0.283. The summed E-state index contributed by atoms with van der Waals surface area (Å²) in [5.41, 5.74) is 1.75. The van der Waals surface area contributed by atoms with Crippen molar-refractivity contribution in [2.75, 3.05) is 26.3 Å². The van der Waals surface area contributed by atoms with E-state index in [0.29, 0.717) is 68.4 Å². The first-order valence-corrected chi connectivity index (χ1v) is 13.7. The van der Waals surface area contributed by atoms with Crippen LogP contribution in [-0.4, -0.2) is 52.3 Å². The van der Waals surface area contributed by atoms with E-state index in [2.05, 4.69) is 4.98 Å². The van der Waals surface area contributed by atoms with Crippen LogP contribution in [0.2, 0.25) is 0 Å². The predicted octanol–water partition coefficient (Wildman–Crippen LogP) is 5.82. The summed E-state index contributed by atoms with van der Waals surface area (Å²) in [4.78, 5) is 19.9. The fourth-order valence-corrected chi connectivity index (χ4v) is 5.62. The minimum Gasteiger partial charge on any atom is -0.485 e. The van der Waals surface area contributed by atoms with Gasteiger partial charge in [0.25, 0.3) is 0 Å². The smallest absolute Gasteiger partial charge is 0.416 e. The van der Waals surface area contributed by atoms with E-state index in [0.717, 1.165) is 17.7 Å². The molecule has 0 N–H and O–H groups in total. The molecule has 0 bridgehead atoms. The SMILES string of the molecule is O=C(CC(c1cccc(C(F)(F)F)c1)c1cnc2c(OCc3ccccc3)cccn12)N1CCC2(CC1)OCCO2. The van der Waals surface area contributed by atoms with Crippen LogP contribution < -0.4 is 4.74 Å². The predicted molar refractivity (Wildman–Crippen MR) is 144 cm³/mol. The Kier molecular flexibility index (Phi) is 7.44. The summed E-state index contributed by atoms with van der Waals surface area (Å²) in [5.74, 6) is -0.907. The summed E-state index contributed by atoms with van der Waals surface area (Å²) >= 11 is 0. The number of pyridine rings is 1. The van der Waals surface area contributed by atoms with Gasteiger partial charge >= 0.3 is 6.18 Å². The van der Waals surface area contributed by atoms with E-state index in [4.69, 9.17) is 14.2 Å². The molecule has 0 saturated carbocycles. The van der Waals surface area contributed by atoms with Crippen LogP contribution in [0.3, 0.4) is 0 Å². The third kappa shape index (κ3) is 5.80. The van der Waals surface area contributed by atoms with Gasteiger partial charge in [-0.2, -0.15) is 13.2 Å². The number of alkyl halides is 3. The molecule has 2 saturated heterocycles. The number of imidazole rings is 1. The normalized spacial score (nSPS) is 17.7. The molecule has 214 valence electrons. The number of ether oxygens (including phenoxy) is 3. The average Bonchev–Trinajstić information content (AvgIpc) is 3.63. The number of carbonyl (C=O) groups is 1. The Morgan fingerprint density at radius 1 is 1.00 bits per heavy atom. The molecule has 7 nitrogen and oxygen atoms in total. The molecule has 2 aliphatic heterocycles. The molecule has 2 aromatic carbocycles. The third-order valence-corrected chi connectivity index (χ3v) is 7.81. The second-order valence-electron chi connectivity index (χ2n) is 10.4. The summed E-state index contributed by atoms with van der Waals surface area (Å²) < 4.78 is 60.4. The van der Waals surface area contributed by atoms with Crippen molar-refractivity contribution in [2.45, 2.75) is 43.8 Å². The zero-order valence-electron chi connectivity index (χ0n) is 22.3. The summed E-state index contributed by atoms with van der Waals surface area (Å²) in [6, 6.07) is 18.5. The lowest BCUT2D eigenvalue weighted by Gasteiger charge is -2.38. The maximum atomic E-state index is 13.7. The van der Waals surface area contributed by atoms with Crippen LogP contribution in [0.15, 0.2) is 79.1 Å². The fourth-order valence-electron chi connectivity index (χ4n) is 5.62. The van der Waals surface area contributed by atoms with Crippen molar-refractivity contribution in [2.24, 2.45) is 0 Å². The Morgan fingerprint density at radius 2 is 1.76 bits per heavy atom. The number of benzene rings is 2. The van der Waals surface area contributed by atoms with Gasteiger partial charge in [-0.1, -0.05) is 48.5 Å². The van der Waals surface area contributed by atoms with Crippen molar-refractivity contribution in [3.63, 3.8) is 0 Å². The molecule has 41 heavy (non-hydrogen) atoms. The van der Waals surface area contributed by atoms with Crippen LogP contribution >= 0.6 is 0 Å². The van der Waals surface area contributed by atoms with Gasteiger partial charge in [0.2, 0.25) is 5.91 Å². The van der Waals surface area contributed by atoms with Crippen LogP contribution in [0, 0.1) is 0 Å². The molecule has 1 spiro atoms. The molecule has 0 aliphatic carbocycles. The molecule has 6 rings (SSSR count). The molecule has 2 aromatic heterocycles. The Labute approximate surface area is 235 Å². The standard InChI is InChI=1S/C31H30F3N3O4/c32-31(33,34)24-9-4-8-23(18-24)25(19-28(38)36-14-11-30(12-15-36)40-16-17-41-30)26-20-35-29-27(10-5-13-37(26)29)39-21-22-6-2-1-3-7-22/h1-10,13,18,20,25H,11-12,14-17,19,21H2. The van der Waals surface area contributed by atoms with Gasteiger partial charge < -0.3 is 23.5 Å². The maximum Gasteiger partial charge on any atom is 0.416 e. The van der Waals surface area contributed by atoms with Gasteiger partial charge in [-0.05, 0) is 29.3 Å². The largest absolute Gasteiger partial charge is 0.485 e. The average molecular weight is 566 g/mol. The van der Waals surface area contributed by atoms with Gasteiger partial charge in [0.05, 0.1) is 24.5 Å². The van der Waals surface area contributed by atoms with Crippen molar-refractivity contribution in [1.29, 1.82) is 0 Å². The van der Waals surface area contributed by atoms with Crippen molar-refractivity contribution in [3.05, 3.63) is 102 Å². The van der Waals surface area contributed by atoms with Crippen LogP contribution in [0.25, 0.3) is 5.65 Å². The summed E-state index contributed by atoms with van der Waals surface area (Å²) in [7, 11) is 0. The number of carbonyl (C=O) groups excluding carboxylic acids is 1. The Balaban J connectivity index is 1.30. The highest BCUT2D eigenvalue weighted by atomic mass is 19.4.